The number of aromatic nitrogens is 4. The summed E-state index contributed by atoms with van der Waals surface area (Å²) in [6.07, 6.45) is 0. The Morgan fingerprint density at radius 3 is 1.52 bits per heavy atom. The number of pyridine rings is 1. The number of para-hydroxylation sites is 2. The van der Waals surface area contributed by atoms with Crippen molar-refractivity contribution < 1.29 is 0 Å². The van der Waals surface area contributed by atoms with Crippen LogP contribution in [0.5, 0.6) is 0 Å². The highest BCUT2D eigenvalue weighted by atomic mass is 15.0. The molecule has 12 aromatic rings. The van der Waals surface area contributed by atoms with E-state index in [4.69, 9.17) is 15.0 Å². The number of hydrogen-bond donors (Lipinski definition) is 0. The summed E-state index contributed by atoms with van der Waals surface area (Å²) in [6.45, 7) is 0. The van der Waals surface area contributed by atoms with E-state index in [-0.39, 0.29) is 0 Å². The van der Waals surface area contributed by atoms with Crippen LogP contribution in [0, 0.1) is 0 Å². The summed E-state index contributed by atoms with van der Waals surface area (Å²) in [4.78, 5) is 15.8. The molecule has 4 heteroatoms. The molecule has 12 rings (SSSR count). The molecule has 0 atom stereocenters. The van der Waals surface area contributed by atoms with Crippen molar-refractivity contribution >= 4 is 54.4 Å². The van der Waals surface area contributed by atoms with Gasteiger partial charge in [-0.3, -0.25) is 0 Å². The second kappa shape index (κ2) is 14.3. The van der Waals surface area contributed by atoms with Gasteiger partial charge in [0.1, 0.15) is 0 Å². The molecule has 4 nitrogen and oxygen atoms in total. The van der Waals surface area contributed by atoms with Crippen LogP contribution in [0.25, 0.3) is 116 Å². The molecule has 0 aliphatic carbocycles. The van der Waals surface area contributed by atoms with Crippen LogP contribution in [0.2, 0.25) is 0 Å². The molecule has 0 N–H and O–H groups in total. The van der Waals surface area contributed by atoms with E-state index in [1.165, 1.54) is 27.3 Å². The normalized spacial score (nSPS) is 11.6. The number of nitrogens with zero attached hydrogens (tertiary/aromatic N) is 4. The predicted octanol–water partition coefficient (Wildman–Crippen LogP) is 14.8. The zero-order chi connectivity index (χ0) is 40.3. The lowest BCUT2D eigenvalue weighted by molar-refractivity contribution is 1.18. The molecule has 0 bridgehead atoms. The van der Waals surface area contributed by atoms with Crippen molar-refractivity contribution in [2.24, 2.45) is 0 Å². The fourth-order valence-corrected chi connectivity index (χ4v) is 9.04. The average Bonchev–Trinajstić information content (AvgIpc) is 3.68. The molecule has 3 aromatic heterocycles. The van der Waals surface area contributed by atoms with Crippen LogP contribution < -0.4 is 0 Å². The first-order valence-electron chi connectivity index (χ1n) is 20.7. The molecule has 0 saturated heterocycles. The summed E-state index contributed by atoms with van der Waals surface area (Å²) in [7, 11) is 0. The van der Waals surface area contributed by atoms with Gasteiger partial charge >= 0.3 is 0 Å². The molecular weight excluding hydrogens is 741 g/mol. The maximum atomic E-state index is 5.53. The molecule has 0 radical (unpaired) electrons. The largest absolute Gasteiger partial charge is 0.307 e. The Bertz CT molecular complexity index is 3600. The van der Waals surface area contributed by atoms with Gasteiger partial charge in [-0.25, -0.2) is 15.0 Å². The predicted molar refractivity (Wildman–Crippen MR) is 254 cm³/mol. The Labute approximate surface area is 352 Å². The quantitative estimate of drug-likeness (QED) is 0.158. The zero-order valence-corrected chi connectivity index (χ0v) is 33.1. The Morgan fingerprint density at radius 1 is 0.295 bits per heavy atom. The molecular formula is C57H36N4. The fourth-order valence-electron chi connectivity index (χ4n) is 9.04. The molecule has 284 valence electrons. The van der Waals surface area contributed by atoms with Crippen molar-refractivity contribution in [1.82, 2.24) is 19.5 Å². The lowest BCUT2D eigenvalue weighted by Crippen LogP contribution is -1.97. The first-order chi connectivity index (χ1) is 30.2. The van der Waals surface area contributed by atoms with E-state index in [9.17, 15) is 0 Å². The van der Waals surface area contributed by atoms with E-state index in [1.807, 2.05) is 12.1 Å². The first-order valence-corrected chi connectivity index (χ1v) is 20.7. The summed E-state index contributed by atoms with van der Waals surface area (Å²) in [5.74, 6) is 0.703. The van der Waals surface area contributed by atoms with Crippen LogP contribution >= 0.6 is 0 Å². The van der Waals surface area contributed by atoms with Crippen molar-refractivity contribution in [3.63, 3.8) is 0 Å². The highest BCUT2D eigenvalue weighted by Gasteiger charge is 2.20. The van der Waals surface area contributed by atoms with Gasteiger partial charge < -0.3 is 4.57 Å². The van der Waals surface area contributed by atoms with Crippen LogP contribution in [-0.4, -0.2) is 19.5 Å². The molecule has 0 amide bonds. The monoisotopic (exact) mass is 776 g/mol. The van der Waals surface area contributed by atoms with E-state index >= 15 is 0 Å². The minimum atomic E-state index is 0.703. The lowest BCUT2D eigenvalue weighted by atomic mass is 9.98. The summed E-state index contributed by atoms with van der Waals surface area (Å²) in [6, 6.07) is 77.3. The van der Waals surface area contributed by atoms with Crippen LogP contribution in [0.4, 0.5) is 0 Å². The Kier molecular flexibility index (Phi) is 8.13. The molecule has 61 heavy (non-hydrogen) atoms. The van der Waals surface area contributed by atoms with Crippen molar-refractivity contribution in [3.05, 3.63) is 218 Å². The van der Waals surface area contributed by atoms with Crippen molar-refractivity contribution in [2.45, 2.75) is 0 Å². The van der Waals surface area contributed by atoms with E-state index in [0.717, 1.165) is 83.1 Å². The van der Waals surface area contributed by atoms with E-state index in [2.05, 4.69) is 211 Å². The second-order valence-electron chi connectivity index (χ2n) is 15.6. The van der Waals surface area contributed by atoms with Gasteiger partial charge in [0.05, 0.1) is 33.5 Å². The van der Waals surface area contributed by atoms with E-state index < -0.39 is 0 Å². The van der Waals surface area contributed by atoms with Crippen molar-refractivity contribution in [1.29, 1.82) is 0 Å². The number of hydrogen-bond acceptors (Lipinski definition) is 3. The molecule has 3 heterocycles. The zero-order valence-electron chi connectivity index (χ0n) is 33.1. The van der Waals surface area contributed by atoms with Crippen molar-refractivity contribution in [2.75, 3.05) is 0 Å². The fraction of sp³-hybridized carbons (Fsp3) is 0. The second-order valence-corrected chi connectivity index (χ2v) is 15.6. The lowest BCUT2D eigenvalue weighted by Gasteiger charge is -2.13. The van der Waals surface area contributed by atoms with Gasteiger partial charge in [-0.05, 0) is 51.9 Å². The highest BCUT2D eigenvalue weighted by molar-refractivity contribution is 6.23. The number of rotatable bonds is 6. The van der Waals surface area contributed by atoms with Crippen LogP contribution in [0.1, 0.15) is 0 Å². The molecule has 0 saturated carbocycles. The topological polar surface area (TPSA) is 43.6 Å². The van der Waals surface area contributed by atoms with Gasteiger partial charge in [0.15, 0.2) is 5.82 Å². The summed E-state index contributed by atoms with van der Waals surface area (Å²) >= 11 is 0. The van der Waals surface area contributed by atoms with Crippen molar-refractivity contribution in [3.8, 4) is 61.8 Å². The average molecular weight is 777 g/mol. The Balaban J connectivity index is 0.989. The minimum absolute atomic E-state index is 0.703. The summed E-state index contributed by atoms with van der Waals surface area (Å²) in [5.41, 5.74) is 14.9. The van der Waals surface area contributed by atoms with Crippen LogP contribution in [0.15, 0.2) is 218 Å². The van der Waals surface area contributed by atoms with Gasteiger partial charge in [0, 0.05) is 49.3 Å². The number of fused-ring (bicyclic) bond motifs is 8. The molecule has 9 aromatic carbocycles. The molecule has 0 aliphatic heterocycles. The standard InChI is InChI=1S/C57H36N4/c1-4-14-37(15-5-1)38-24-28-41(29-25-38)54-50-22-12-13-23-51(50)58-57(60-54)42-30-26-39(27-31-42)43-32-33-46-49-35-34-48-45-20-10-11-21-47(45)53(40-16-6-2-7-17-40)59-55(48)56(49)61(52(46)36-43)44-18-8-3-9-19-44/h1-36H. The highest BCUT2D eigenvalue weighted by Crippen LogP contribution is 2.41. The minimum Gasteiger partial charge on any atom is -0.307 e. The third-order valence-corrected chi connectivity index (χ3v) is 12.0. The Hall–Kier alpha value is -8.21. The van der Waals surface area contributed by atoms with E-state index in [0.29, 0.717) is 5.82 Å². The third-order valence-electron chi connectivity index (χ3n) is 12.0. The third kappa shape index (κ3) is 5.88. The van der Waals surface area contributed by atoms with Gasteiger partial charge in [-0.1, -0.05) is 194 Å². The Morgan fingerprint density at radius 2 is 0.787 bits per heavy atom. The van der Waals surface area contributed by atoms with Crippen LogP contribution in [-0.2, 0) is 0 Å². The van der Waals surface area contributed by atoms with Gasteiger partial charge in [0.25, 0.3) is 0 Å². The summed E-state index contributed by atoms with van der Waals surface area (Å²) < 4.78 is 2.40. The van der Waals surface area contributed by atoms with Crippen LogP contribution in [0.3, 0.4) is 0 Å². The SMILES string of the molecule is c1ccc(-c2ccc(-c3nc(-c4ccc(-c5ccc6c7ccc8c9ccccc9c(-c9ccccc9)nc8c7n(-c7ccccc7)c6c5)cc4)nc4ccccc34)cc2)cc1. The maximum absolute atomic E-state index is 5.53. The molecule has 0 fully saturated rings. The molecule has 0 aliphatic rings. The van der Waals surface area contributed by atoms with Gasteiger partial charge in [-0.2, -0.15) is 0 Å². The van der Waals surface area contributed by atoms with Gasteiger partial charge in [0.2, 0.25) is 0 Å². The molecule has 0 unspecified atom stereocenters. The van der Waals surface area contributed by atoms with E-state index in [1.54, 1.807) is 0 Å². The summed E-state index contributed by atoms with van der Waals surface area (Å²) in [5, 5.41) is 6.88. The maximum Gasteiger partial charge on any atom is 0.160 e. The first kappa shape index (κ1) is 34.8. The van der Waals surface area contributed by atoms with Gasteiger partial charge in [-0.15, -0.1) is 0 Å². The molecule has 0 spiro atoms. The number of benzene rings is 9. The smallest absolute Gasteiger partial charge is 0.160 e.